The summed E-state index contributed by atoms with van der Waals surface area (Å²) in [6, 6.07) is 15.6. The molecule has 1 fully saturated rings. The summed E-state index contributed by atoms with van der Waals surface area (Å²) in [4.78, 5) is 12.1. The van der Waals surface area contributed by atoms with Gasteiger partial charge in [0, 0.05) is 24.0 Å². The van der Waals surface area contributed by atoms with Gasteiger partial charge in [0.05, 0.1) is 16.1 Å². The zero-order valence-corrected chi connectivity index (χ0v) is 17.1. The normalized spacial score (nSPS) is 15.8. The van der Waals surface area contributed by atoms with E-state index in [4.69, 9.17) is 0 Å². The third kappa shape index (κ3) is 3.56. The quantitative estimate of drug-likeness (QED) is 0.668. The Bertz CT molecular complexity index is 1160. The van der Waals surface area contributed by atoms with Crippen LogP contribution in [0.5, 0.6) is 0 Å². The summed E-state index contributed by atoms with van der Waals surface area (Å²) in [6.45, 7) is 0. The van der Waals surface area contributed by atoms with E-state index in [-0.39, 0.29) is 10.9 Å². The lowest BCUT2D eigenvalue weighted by Gasteiger charge is -2.30. The fourth-order valence-corrected chi connectivity index (χ4v) is 5.66. The Morgan fingerprint density at radius 1 is 1.03 bits per heavy atom. The van der Waals surface area contributed by atoms with Crippen LogP contribution in [0.3, 0.4) is 0 Å². The van der Waals surface area contributed by atoms with Crippen LogP contribution in [0, 0.1) is 0 Å². The maximum absolute atomic E-state index is 13.2. The van der Waals surface area contributed by atoms with Crippen molar-refractivity contribution in [3.8, 4) is 11.3 Å². The summed E-state index contributed by atoms with van der Waals surface area (Å²) in [5.74, 6) is 0. The first kappa shape index (κ1) is 19.7. The molecule has 4 rings (SSSR count). The van der Waals surface area contributed by atoms with Gasteiger partial charge in [-0.15, -0.1) is 0 Å². The number of rotatable bonds is 4. The van der Waals surface area contributed by atoms with Crippen LogP contribution in [0.4, 0.5) is 4.79 Å². The number of carbonyl (C=O) groups is 1. The molecule has 0 amide bonds. The number of sulfonamides is 1. The lowest BCUT2D eigenvalue weighted by atomic mass is 9.96. The molecule has 0 unspecified atom stereocenters. The molecule has 1 aromatic heterocycles. The number of carboxylic acid groups (broad SMARTS) is 1. The minimum Gasteiger partial charge on any atom is -0.464 e. The predicted octanol–water partition coefficient (Wildman–Crippen LogP) is 4.79. The Morgan fingerprint density at radius 3 is 2.48 bits per heavy atom. The second kappa shape index (κ2) is 7.65. The lowest BCUT2D eigenvalue weighted by Crippen LogP contribution is -2.38. The van der Waals surface area contributed by atoms with Crippen molar-refractivity contribution in [1.82, 2.24) is 8.87 Å². The van der Waals surface area contributed by atoms with Crippen LogP contribution in [-0.2, 0) is 10.0 Å². The first-order valence-corrected chi connectivity index (χ1v) is 11.3. The smallest absolute Gasteiger partial charge is 0.416 e. The van der Waals surface area contributed by atoms with Crippen LogP contribution in [0.2, 0.25) is 0 Å². The molecule has 6 nitrogen and oxygen atoms in total. The molecule has 0 saturated heterocycles. The summed E-state index contributed by atoms with van der Waals surface area (Å²) < 4.78 is 29.1. The van der Waals surface area contributed by atoms with Gasteiger partial charge in [-0.25, -0.2) is 17.8 Å². The largest absolute Gasteiger partial charge is 0.464 e. The summed E-state index contributed by atoms with van der Waals surface area (Å²) in [7, 11) is -2.01. The van der Waals surface area contributed by atoms with Crippen LogP contribution in [0.25, 0.3) is 22.2 Å². The van der Waals surface area contributed by atoms with E-state index in [0.29, 0.717) is 16.8 Å². The van der Waals surface area contributed by atoms with Gasteiger partial charge in [-0.3, -0.25) is 0 Å². The fourth-order valence-electron chi connectivity index (χ4n) is 4.20. The number of hydrogen-bond acceptors (Lipinski definition) is 3. The monoisotopic (exact) mass is 412 g/mol. The Kier molecular flexibility index (Phi) is 5.19. The Morgan fingerprint density at radius 2 is 1.76 bits per heavy atom. The van der Waals surface area contributed by atoms with Crippen LogP contribution in [0.1, 0.15) is 32.1 Å². The van der Waals surface area contributed by atoms with Gasteiger partial charge in [-0.1, -0.05) is 49.6 Å². The van der Waals surface area contributed by atoms with E-state index >= 15 is 0 Å². The van der Waals surface area contributed by atoms with Crippen molar-refractivity contribution in [2.45, 2.75) is 43.0 Å². The summed E-state index contributed by atoms with van der Waals surface area (Å²) in [5.41, 5.74) is 1.58. The molecule has 1 aliphatic rings. The highest BCUT2D eigenvalue weighted by Crippen LogP contribution is 2.31. The van der Waals surface area contributed by atoms with E-state index in [0.717, 1.165) is 37.5 Å². The van der Waals surface area contributed by atoms with Crippen LogP contribution in [-0.4, -0.2) is 41.6 Å². The number of nitrogens with zero attached hydrogens (tertiary/aromatic N) is 2. The molecule has 7 heteroatoms. The molecule has 3 aromatic rings. The van der Waals surface area contributed by atoms with Gasteiger partial charge in [0.15, 0.2) is 0 Å². The first-order valence-electron chi connectivity index (χ1n) is 9.82. The van der Waals surface area contributed by atoms with Gasteiger partial charge in [-0.05, 0) is 37.1 Å². The van der Waals surface area contributed by atoms with E-state index in [1.165, 1.54) is 8.87 Å². The molecule has 1 heterocycles. The number of aromatic nitrogens is 1. The van der Waals surface area contributed by atoms with Crippen LogP contribution >= 0.6 is 0 Å². The Hall–Kier alpha value is -2.64. The molecule has 0 bridgehead atoms. The Balaban J connectivity index is 1.77. The van der Waals surface area contributed by atoms with E-state index in [1.807, 2.05) is 12.1 Å². The minimum atomic E-state index is -3.66. The van der Waals surface area contributed by atoms with Crippen molar-refractivity contribution in [1.29, 1.82) is 0 Å². The molecule has 152 valence electrons. The van der Waals surface area contributed by atoms with Gasteiger partial charge in [0.1, 0.15) is 0 Å². The van der Waals surface area contributed by atoms with E-state index in [1.54, 1.807) is 49.5 Å². The molecule has 0 spiro atoms. The Labute approximate surface area is 170 Å². The fraction of sp³-hybridized carbons (Fsp3) is 0.318. The minimum absolute atomic E-state index is 0.0166. The third-order valence-corrected chi connectivity index (χ3v) is 7.70. The topological polar surface area (TPSA) is 79.6 Å². The number of benzene rings is 2. The highest BCUT2D eigenvalue weighted by atomic mass is 32.2. The zero-order chi connectivity index (χ0) is 20.6. The van der Waals surface area contributed by atoms with Gasteiger partial charge in [-0.2, -0.15) is 4.31 Å². The molecule has 2 aromatic carbocycles. The van der Waals surface area contributed by atoms with E-state index in [2.05, 4.69) is 0 Å². The summed E-state index contributed by atoms with van der Waals surface area (Å²) >= 11 is 0. The summed E-state index contributed by atoms with van der Waals surface area (Å²) in [6.07, 6.45) is 3.89. The molecule has 1 aliphatic carbocycles. The van der Waals surface area contributed by atoms with Crippen molar-refractivity contribution < 1.29 is 18.3 Å². The highest BCUT2D eigenvalue weighted by molar-refractivity contribution is 7.89. The average Bonchev–Trinajstić information content (AvgIpc) is 3.14. The number of para-hydroxylation sites is 1. The van der Waals surface area contributed by atoms with Gasteiger partial charge >= 0.3 is 6.09 Å². The van der Waals surface area contributed by atoms with Crippen LogP contribution < -0.4 is 0 Å². The van der Waals surface area contributed by atoms with Crippen LogP contribution in [0.15, 0.2) is 59.5 Å². The molecule has 0 aliphatic heterocycles. The van der Waals surface area contributed by atoms with Crippen molar-refractivity contribution >= 4 is 27.0 Å². The second-order valence-corrected chi connectivity index (χ2v) is 9.54. The first-order chi connectivity index (χ1) is 13.9. The van der Waals surface area contributed by atoms with Crippen molar-refractivity contribution in [3.05, 3.63) is 54.6 Å². The molecule has 1 N–H and O–H groups in total. The van der Waals surface area contributed by atoms with Gasteiger partial charge in [0.2, 0.25) is 10.0 Å². The van der Waals surface area contributed by atoms with E-state index in [9.17, 15) is 18.3 Å². The zero-order valence-electron chi connectivity index (χ0n) is 16.3. The maximum atomic E-state index is 13.2. The van der Waals surface area contributed by atoms with Crippen molar-refractivity contribution in [3.63, 3.8) is 0 Å². The average molecular weight is 413 g/mol. The van der Waals surface area contributed by atoms with E-state index < -0.39 is 16.1 Å². The van der Waals surface area contributed by atoms with Crippen molar-refractivity contribution in [2.75, 3.05) is 7.05 Å². The standard InChI is InChI=1S/C22H24N2O4S/c1-23(18-10-3-2-4-11-18)29(27,28)19-12-7-9-16(14-19)21-15-17-8-5-6-13-20(17)24(21)22(25)26/h5-9,12-15,18H,2-4,10-11H2,1H3,(H,25,26). The third-order valence-electron chi connectivity index (χ3n) is 5.80. The van der Waals surface area contributed by atoms with Crippen molar-refractivity contribution in [2.24, 2.45) is 0 Å². The number of hydrogen-bond donors (Lipinski definition) is 1. The molecule has 0 atom stereocenters. The number of fused-ring (bicyclic) bond motifs is 1. The van der Waals surface area contributed by atoms with Gasteiger partial charge < -0.3 is 5.11 Å². The molecule has 0 radical (unpaired) electrons. The molecular formula is C22H24N2O4S. The predicted molar refractivity (Wildman–Crippen MR) is 113 cm³/mol. The summed E-state index contributed by atoms with van der Waals surface area (Å²) in [5, 5.41) is 10.5. The SMILES string of the molecule is CN(C1CCCCC1)S(=O)(=O)c1cccc(-c2cc3ccccc3n2C(=O)O)c1. The molecule has 29 heavy (non-hydrogen) atoms. The second-order valence-electron chi connectivity index (χ2n) is 7.55. The lowest BCUT2D eigenvalue weighted by molar-refractivity contribution is 0.198. The highest BCUT2D eigenvalue weighted by Gasteiger charge is 2.29. The maximum Gasteiger partial charge on any atom is 0.416 e. The molecular weight excluding hydrogens is 388 g/mol. The van der Waals surface area contributed by atoms with Gasteiger partial charge in [0.25, 0.3) is 0 Å². The molecule has 1 saturated carbocycles.